The lowest BCUT2D eigenvalue weighted by atomic mass is 10.1. The summed E-state index contributed by atoms with van der Waals surface area (Å²) >= 11 is 5.50. The molecule has 0 aliphatic carbocycles. The fourth-order valence-electron chi connectivity index (χ4n) is 1.69. The highest BCUT2D eigenvalue weighted by atomic mass is 35.5. The summed E-state index contributed by atoms with van der Waals surface area (Å²) in [5, 5.41) is 0.0181. The number of sulfonamides is 1. The third-order valence-electron chi connectivity index (χ3n) is 2.68. The fraction of sp³-hybridized carbons (Fsp3) is 0.600. The summed E-state index contributed by atoms with van der Waals surface area (Å²) in [4.78, 5) is 7.29. The van der Waals surface area contributed by atoms with E-state index < -0.39 is 10.0 Å². The predicted octanol–water partition coefficient (Wildman–Crippen LogP) is 0.977. The summed E-state index contributed by atoms with van der Waals surface area (Å²) in [5.41, 5.74) is 0. The molecule has 18 heavy (non-hydrogen) atoms. The van der Waals surface area contributed by atoms with Crippen LogP contribution in [0.5, 0.6) is 0 Å². The molecule has 1 fully saturated rings. The zero-order chi connectivity index (χ0) is 13.0. The van der Waals surface area contributed by atoms with Crippen LogP contribution in [0.4, 0.5) is 0 Å². The Morgan fingerprint density at radius 2 is 2.11 bits per heavy atom. The van der Waals surface area contributed by atoms with Crippen LogP contribution < -0.4 is 4.72 Å². The Morgan fingerprint density at radius 1 is 1.39 bits per heavy atom. The minimum Gasteiger partial charge on any atom is -0.377 e. The standard InChI is InChI=1S/C10H14ClN3O3S/c11-10-12-6-9(7-13-10)18(15,16)14-5-8-3-1-2-4-17-8/h6-8,14H,1-5H2. The Kier molecular flexibility index (Phi) is 4.50. The van der Waals surface area contributed by atoms with Crippen molar-refractivity contribution in [3.05, 3.63) is 17.7 Å². The molecule has 2 heterocycles. The normalized spacial score (nSPS) is 20.8. The number of hydrogen-bond donors (Lipinski definition) is 1. The molecule has 0 saturated carbocycles. The second-order valence-electron chi connectivity index (χ2n) is 4.03. The molecule has 1 saturated heterocycles. The van der Waals surface area contributed by atoms with Gasteiger partial charge in [-0.05, 0) is 30.9 Å². The van der Waals surface area contributed by atoms with Crippen LogP contribution >= 0.6 is 11.6 Å². The van der Waals surface area contributed by atoms with Crippen LogP contribution in [0.2, 0.25) is 5.28 Å². The first-order valence-corrected chi connectivity index (χ1v) is 7.53. The van der Waals surface area contributed by atoms with Crippen LogP contribution in [-0.4, -0.2) is 37.6 Å². The number of hydrogen-bond acceptors (Lipinski definition) is 5. The van der Waals surface area contributed by atoms with Gasteiger partial charge in [0, 0.05) is 13.2 Å². The first-order chi connectivity index (χ1) is 8.58. The van der Waals surface area contributed by atoms with Crippen LogP contribution in [0.25, 0.3) is 0 Å². The van der Waals surface area contributed by atoms with E-state index >= 15 is 0 Å². The molecular formula is C10H14ClN3O3S. The zero-order valence-electron chi connectivity index (χ0n) is 9.67. The molecule has 0 amide bonds. The highest BCUT2D eigenvalue weighted by Crippen LogP contribution is 2.13. The van der Waals surface area contributed by atoms with Gasteiger partial charge >= 0.3 is 0 Å². The van der Waals surface area contributed by atoms with Gasteiger partial charge in [0.25, 0.3) is 0 Å². The molecule has 1 unspecified atom stereocenters. The van der Waals surface area contributed by atoms with Gasteiger partial charge in [0.2, 0.25) is 15.3 Å². The van der Waals surface area contributed by atoms with Gasteiger partial charge in [0.1, 0.15) is 4.90 Å². The van der Waals surface area contributed by atoms with Gasteiger partial charge in [-0.15, -0.1) is 0 Å². The van der Waals surface area contributed by atoms with Gasteiger partial charge in [-0.3, -0.25) is 0 Å². The maximum atomic E-state index is 11.9. The highest BCUT2D eigenvalue weighted by molar-refractivity contribution is 7.89. The molecule has 2 rings (SSSR count). The van der Waals surface area contributed by atoms with Gasteiger partial charge in [-0.2, -0.15) is 0 Å². The van der Waals surface area contributed by atoms with Gasteiger partial charge in [0.05, 0.1) is 18.5 Å². The maximum absolute atomic E-state index is 11.9. The molecule has 1 aliphatic rings. The van der Waals surface area contributed by atoms with Crippen molar-refractivity contribution >= 4 is 21.6 Å². The minimum absolute atomic E-state index is 0.00251. The number of nitrogens with one attached hydrogen (secondary N) is 1. The molecule has 1 aliphatic heterocycles. The fourth-order valence-corrected chi connectivity index (χ4v) is 2.75. The van der Waals surface area contributed by atoms with E-state index in [0.717, 1.165) is 19.3 Å². The summed E-state index contributed by atoms with van der Waals surface area (Å²) in [6.45, 7) is 0.960. The third-order valence-corrected chi connectivity index (χ3v) is 4.26. The van der Waals surface area contributed by atoms with Crippen molar-refractivity contribution < 1.29 is 13.2 Å². The number of ether oxygens (including phenoxy) is 1. The zero-order valence-corrected chi connectivity index (χ0v) is 11.2. The Bertz CT molecular complexity index is 486. The first kappa shape index (κ1) is 13.7. The molecule has 1 aromatic rings. The van der Waals surface area contributed by atoms with E-state index in [9.17, 15) is 8.42 Å². The van der Waals surface area contributed by atoms with Gasteiger partial charge in [-0.25, -0.2) is 23.1 Å². The van der Waals surface area contributed by atoms with Gasteiger partial charge < -0.3 is 4.74 Å². The average molecular weight is 292 g/mol. The second-order valence-corrected chi connectivity index (χ2v) is 6.13. The van der Waals surface area contributed by atoms with Crippen LogP contribution in [-0.2, 0) is 14.8 Å². The molecule has 1 N–H and O–H groups in total. The number of nitrogens with zero attached hydrogens (tertiary/aromatic N) is 2. The lowest BCUT2D eigenvalue weighted by Crippen LogP contribution is -2.35. The Morgan fingerprint density at radius 3 is 2.72 bits per heavy atom. The first-order valence-electron chi connectivity index (χ1n) is 5.67. The average Bonchev–Trinajstić information content (AvgIpc) is 2.38. The van der Waals surface area contributed by atoms with E-state index in [-0.39, 0.29) is 22.8 Å². The van der Waals surface area contributed by atoms with Crippen molar-refractivity contribution in [3.8, 4) is 0 Å². The van der Waals surface area contributed by atoms with E-state index in [2.05, 4.69) is 14.7 Å². The van der Waals surface area contributed by atoms with Crippen LogP contribution in [0.3, 0.4) is 0 Å². The monoisotopic (exact) mass is 291 g/mol. The Hall–Kier alpha value is -0.760. The van der Waals surface area contributed by atoms with Crippen molar-refractivity contribution in [1.82, 2.24) is 14.7 Å². The predicted molar refractivity (Wildman–Crippen MR) is 65.8 cm³/mol. The van der Waals surface area contributed by atoms with Crippen LogP contribution in [0.15, 0.2) is 17.3 Å². The molecular weight excluding hydrogens is 278 g/mol. The van der Waals surface area contributed by atoms with E-state index in [0.29, 0.717) is 6.61 Å². The highest BCUT2D eigenvalue weighted by Gasteiger charge is 2.19. The summed E-state index contributed by atoms with van der Waals surface area (Å²) in [6.07, 6.45) is 5.28. The number of aromatic nitrogens is 2. The summed E-state index contributed by atoms with van der Waals surface area (Å²) < 4.78 is 31.7. The van der Waals surface area contributed by atoms with Crippen molar-refractivity contribution in [3.63, 3.8) is 0 Å². The SMILES string of the molecule is O=S(=O)(NCC1CCCCO1)c1cnc(Cl)nc1. The molecule has 8 heteroatoms. The molecule has 0 radical (unpaired) electrons. The van der Waals surface area contributed by atoms with Crippen LogP contribution in [0.1, 0.15) is 19.3 Å². The van der Waals surface area contributed by atoms with Crippen molar-refractivity contribution in [1.29, 1.82) is 0 Å². The summed E-state index contributed by atoms with van der Waals surface area (Å²) in [5.74, 6) is 0. The molecule has 0 bridgehead atoms. The van der Waals surface area contributed by atoms with E-state index in [1.165, 1.54) is 12.4 Å². The largest absolute Gasteiger partial charge is 0.377 e. The smallest absolute Gasteiger partial charge is 0.243 e. The molecule has 100 valence electrons. The van der Waals surface area contributed by atoms with Gasteiger partial charge in [0.15, 0.2) is 0 Å². The Balaban J connectivity index is 1.96. The van der Waals surface area contributed by atoms with Crippen molar-refractivity contribution in [2.24, 2.45) is 0 Å². The van der Waals surface area contributed by atoms with Crippen molar-refractivity contribution in [2.75, 3.05) is 13.2 Å². The van der Waals surface area contributed by atoms with E-state index in [1.54, 1.807) is 0 Å². The maximum Gasteiger partial charge on any atom is 0.243 e. The summed E-state index contributed by atoms with van der Waals surface area (Å²) in [7, 11) is -3.59. The molecule has 1 aromatic heterocycles. The van der Waals surface area contributed by atoms with E-state index in [4.69, 9.17) is 16.3 Å². The second kappa shape index (κ2) is 5.92. The van der Waals surface area contributed by atoms with Crippen molar-refractivity contribution in [2.45, 2.75) is 30.3 Å². The number of rotatable bonds is 4. The lowest BCUT2D eigenvalue weighted by Gasteiger charge is -2.22. The molecule has 6 nitrogen and oxygen atoms in total. The van der Waals surface area contributed by atoms with E-state index in [1.807, 2.05) is 0 Å². The van der Waals surface area contributed by atoms with Crippen LogP contribution in [0, 0.1) is 0 Å². The quantitative estimate of drug-likeness (QED) is 0.836. The topological polar surface area (TPSA) is 81.2 Å². The molecule has 1 atom stereocenters. The lowest BCUT2D eigenvalue weighted by molar-refractivity contribution is 0.0200. The Labute approximate surface area is 111 Å². The minimum atomic E-state index is -3.59. The number of halogens is 1. The molecule has 0 aromatic carbocycles. The summed E-state index contributed by atoms with van der Waals surface area (Å²) in [6, 6.07) is 0. The van der Waals surface area contributed by atoms with Gasteiger partial charge in [-0.1, -0.05) is 0 Å². The molecule has 0 spiro atoms. The third kappa shape index (κ3) is 3.61.